The van der Waals surface area contributed by atoms with E-state index >= 15 is 0 Å². The summed E-state index contributed by atoms with van der Waals surface area (Å²) in [7, 11) is 0. The second-order valence-corrected chi connectivity index (χ2v) is 7.00. The minimum atomic E-state index is 0.113. The van der Waals surface area contributed by atoms with Crippen molar-refractivity contribution in [3.05, 3.63) is 0 Å². The van der Waals surface area contributed by atoms with E-state index in [9.17, 15) is 9.59 Å². The van der Waals surface area contributed by atoms with Gasteiger partial charge in [-0.3, -0.25) is 9.59 Å². The third-order valence-electron chi connectivity index (χ3n) is 5.21. The molecule has 0 N–H and O–H groups in total. The highest BCUT2D eigenvalue weighted by Gasteiger charge is 2.48. The van der Waals surface area contributed by atoms with Crippen LogP contribution in [0.4, 0.5) is 0 Å². The standard InChI is InChI=1S/C15H22N2O2/c18-14(5-10-1-2-10)16-7-12-8-17(6-11-3-4-11)15(19)13(12)9-16/h10-13H,1-9H2/t12-,13-/m0/s1. The molecule has 4 rings (SSSR count). The zero-order valence-corrected chi connectivity index (χ0v) is 11.4. The molecule has 0 spiro atoms. The van der Waals surface area contributed by atoms with E-state index in [1.807, 2.05) is 4.90 Å². The van der Waals surface area contributed by atoms with Crippen LogP contribution in [0.25, 0.3) is 0 Å². The Morgan fingerprint density at radius 2 is 1.79 bits per heavy atom. The lowest BCUT2D eigenvalue weighted by Gasteiger charge is -2.21. The molecule has 19 heavy (non-hydrogen) atoms. The topological polar surface area (TPSA) is 40.6 Å². The highest BCUT2D eigenvalue weighted by Crippen LogP contribution is 2.38. The number of amides is 2. The van der Waals surface area contributed by atoms with Crippen LogP contribution in [-0.2, 0) is 9.59 Å². The van der Waals surface area contributed by atoms with Gasteiger partial charge in [0.2, 0.25) is 11.8 Å². The summed E-state index contributed by atoms with van der Waals surface area (Å²) < 4.78 is 0. The van der Waals surface area contributed by atoms with E-state index in [-0.39, 0.29) is 5.92 Å². The lowest BCUT2D eigenvalue weighted by atomic mass is 10.0. The lowest BCUT2D eigenvalue weighted by Crippen LogP contribution is -2.36. The van der Waals surface area contributed by atoms with Crippen LogP contribution in [0.1, 0.15) is 32.1 Å². The average Bonchev–Trinajstić information content (AvgIpc) is 3.27. The van der Waals surface area contributed by atoms with E-state index < -0.39 is 0 Å². The van der Waals surface area contributed by atoms with Gasteiger partial charge in [-0.25, -0.2) is 0 Å². The summed E-state index contributed by atoms with van der Waals surface area (Å²) in [6.07, 6.45) is 5.76. The maximum Gasteiger partial charge on any atom is 0.227 e. The summed E-state index contributed by atoms with van der Waals surface area (Å²) >= 11 is 0. The molecule has 0 unspecified atom stereocenters. The second-order valence-electron chi connectivity index (χ2n) is 7.00. The normalized spacial score (nSPS) is 34.0. The molecule has 4 fully saturated rings. The maximum absolute atomic E-state index is 12.3. The highest BCUT2D eigenvalue weighted by molar-refractivity contribution is 5.84. The minimum absolute atomic E-state index is 0.113. The molecule has 2 atom stereocenters. The van der Waals surface area contributed by atoms with Gasteiger partial charge >= 0.3 is 0 Å². The smallest absolute Gasteiger partial charge is 0.227 e. The maximum atomic E-state index is 12.3. The van der Waals surface area contributed by atoms with Gasteiger partial charge in [0.1, 0.15) is 0 Å². The molecule has 4 heteroatoms. The van der Waals surface area contributed by atoms with E-state index in [0.717, 1.165) is 32.0 Å². The van der Waals surface area contributed by atoms with E-state index in [4.69, 9.17) is 0 Å². The van der Waals surface area contributed by atoms with Gasteiger partial charge in [-0.2, -0.15) is 0 Å². The van der Waals surface area contributed by atoms with Gasteiger partial charge in [0.15, 0.2) is 0 Å². The van der Waals surface area contributed by atoms with Gasteiger partial charge in [0.05, 0.1) is 5.92 Å². The average molecular weight is 262 g/mol. The summed E-state index contributed by atoms with van der Waals surface area (Å²) in [6, 6.07) is 0. The number of nitrogens with zero attached hydrogens (tertiary/aromatic N) is 2. The first-order valence-corrected chi connectivity index (χ1v) is 7.77. The highest BCUT2D eigenvalue weighted by atomic mass is 16.2. The molecule has 2 aliphatic carbocycles. The van der Waals surface area contributed by atoms with E-state index in [0.29, 0.717) is 30.2 Å². The van der Waals surface area contributed by atoms with Crippen molar-refractivity contribution >= 4 is 11.8 Å². The van der Waals surface area contributed by atoms with Crippen LogP contribution < -0.4 is 0 Å². The Morgan fingerprint density at radius 1 is 1.05 bits per heavy atom. The van der Waals surface area contributed by atoms with Crippen LogP contribution in [0.2, 0.25) is 0 Å². The number of fused-ring (bicyclic) bond motifs is 1. The Balaban J connectivity index is 1.35. The zero-order valence-electron chi connectivity index (χ0n) is 11.4. The summed E-state index contributed by atoms with van der Waals surface area (Å²) in [5, 5.41) is 0. The molecule has 2 heterocycles. The number of carbonyl (C=O) groups is 2. The Hall–Kier alpha value is -1.06. The van der Waals surface area contributed by atoms with Gasteiger partial charge in [0, 0.05) is 38.5 Å². The summed E-state index contributed by atoms with van der Waals surface area (Å²) in [6.45, 7) is 3.38. The number of hydrogen-bond donors (Lipinski definition) is 0. The monoisotopic (exact) mass is 262 g/mol. The molecule has 104 valence electrons. The minimum Gasteiger partial charge on any atom is -0.342 e. The molecule has 2 amide bonds. The predicted molar refractivity (Wildman–Crippen MR) is 70.2 cm³/mol. The Kier molecular flexibility index (Phi) is 2.61. The molecule has 2 saturated heterocycles. The molecule has 2 aliphatic heterocycles. The quantitative estimate of drug-likeness (QED) is 0.761. The van der Waals surface area contributed by atoms with E-state index in [1.165, 1.54) is 25.7 Å². The fourth-order valence-electron chi connectivity index (χ4n) is 3.62. The van der Waals surface area contributed by atoms with Gasteiger partial charge in [-0.1, -0.05) is 0 Å². The third kappa shape index (κ3) is 2.26. The van der Waals surface area contributed by atoms with Crippen molar-refractivity contribution in [2.45, 2.75) is 32.1 Å². The molecule has 2 saturated carbocycles. The van der Waals surface area contributed by atoms with Gasteiger partial charge in [-0.15, -0.1) is 0 Å². The Morgan fingerprint density at radius 3 is 2.42 bits per heavy atom. The van der Waals surface area contributed by atoms with E-state index in [1.54, 1.807) is 0 Å². The molecule has 0 bridgehead atoms. The van der Waals surface area contributed by atoms with Crippen LogP contribution in [0.3, 0.4) is 0 Å². The molecule has 4 aliphatic rings. The van der Waals surface area contributed by atoms with Crippen molar-refractivity contribution in [2.24, 2.45) is 23.7 Å². The third-order valence-corrected chi connectivity index (χ3v) is 5.21. The van der Waals surface area contributed by atoms with Crippen molar-refractivity contribution < 1.29 is 9.59 Å². The van der Waals surface area contributed by atoms with Gasteiger partial charge in [-0.05, 0) is 37.5 Å². The second kappa shape index (κ2) is 4.22. The van der Waals surface area contributed by atoms with Crippen LogP contribution >= 0.6 is 0 Å². The van der Waals surface area contributed by atoms with Crippen molar-refractivity contribution in [1.82, 2.24) is 9.80 Å². The van der Waals surface area contributed by atoms with E-state index in [2.05, 4.69) is 4.90 Å². The van der Waals surface area contributed by atoms with Gasteiger partial charge < -0.3 is 9.80 Å². The summed E-state index contributed by atoms with van der Waals surface area (Å²) in [5.74, 6) is 2.55. The van der Waals surface area contributed by atoms with Crippen molar-refractivity contribution in [2.75, 3.05) is 26.2 Å². The predicted octanol–water partition coefficient (Wildman–Crippen LogP) is 1.11. The molecule has 0 radical (unpaired) electrons. The number of rotatable bonds is 4. The molecular formula is C15H22N2O2. The molecule has 0 aromatic rings. The van der Waals surface area contributed by atoms with Crippen LogP contribution in [0, 0.1) is 23.7 Å². The fraction of sp³-hybridized carbons (Fsp3) is 0.867. The summed E-state index contributed by atoms with van der Waals surface area (Å²) in [5.41, 5.74) is 0. The number of carbonyl (C=O) groups excluding carboxylic acids is 2. The first-order valence-electron chi connectivity index (χ1n) is 7.77. The summed E-state index contributed by atoms with van der Waals surface area (Å²) in [4.78, 5) is 28.5. The largest absolute Gasteiger partial charge is 0.342 e. The molecular weight excluding hydrogens is 240 g/mol. The SMILES string of the molecule is O=C(CC1CC1)N1C[C@H]2CN(CC3CC3)C(=O)[C@H]2C1. The Labute approximate surface area is 114 Å². The van der Waals surface area contributed by atoms with Crippen LogP contribution in [0.5, 0.6) is 0 Å². The van der Waals surface area contributed by atoms with Crippen LogP contribution in [0.15, 0.2) is 0 Å². The molecule has 4 nitrogen and oxygen atoms in total. The van der Waals surface area contributed by atoms with Crippen molar-refractivity contribution in [1.29, 1.82) is 0 Å². The first kappa shape index (κ1) is 11.7. The first-order chi connectivity index (χ1) is 9.20. The fourth-order valence-corrected chi connectivity index (χ4v) is 3.62. The molecule has 0 aromatic heterocycles. The number of hydrogen-bond acceptors (Lipinski definition) is 2. The molecule has 0 aromatic carbocycles. The van der Waals surface area contributed by atoms with Crippen molar-refractivity contribution in [3.63, 3.8) is 0 Å². The van der Waals surface area contributed by atoms with Crippen molar-refractivity contribution in [3.8, 4) is 0 Å². The zero-order chi connectivity index (χ0) is 13.0. The lowest BCUT2D eigenvalue weighted by molar-refractivity contribution is -0.133. The van der Waals surface area contributed by atoms with Crippen LogP contribution in [-0.4, -0.2) is 47.8 Å². The number of likely N-dealkylation sites (tertiary alicyclic amines) is 2. The van der Waals surface area contributed by atoms with Gasteiger partial charge in [0.25, 0.3) is 0 Å². The Bertz CT molecular complexity index is 414.